The third-order valence-electron chi connectivity index (χ3n) is 6.53. The molecule has 0 saturated heterocycles. The Kier molecular flexibility index (Phi) is 11.7. The average molecular weight is 593 g/mol. The second-order valence-corrected chi connectivity index (χ2v) is 9.67. The summed E-state index contributed by atoms with van der Waals surface area (Å²) >= 11 is 0. The van der Waals surface area contributed by atoms with E-state index >= 15 is 0 Å². The highest BCUT2D eigenvalue weighted by molar-refractivity contribution is 5.92. The van der Waals surface area contributed by atoms with Crippen LogP contribution in [0.4, 0.5) is 0 Å². The molecule has 1 N–H and O–H groups in total. The van der Waals surface area contributed by atoms with Crippen LogP contribution < -0.4 is 14.2 Å². The molecular formula is C37H36O7. The van der Waals surface area contributed by atoms with Crippen molar-refractivity contribution in [3.05, 3.63) is 140 Å². The summed E-state index contributed by atoms with van der Waals surface area (Å²) in [4.78, 5) is 12.7. The summed E-state index contributed by atoms with van der Waals surface area (Å²) in [6, 6.07) is 26.4. The number of benzene rings is 4. The van der Waals surface area contributed by atoms with E-state index in [1.165, 1.54) is 6.08 Å². The molecule has 0 spiro atoms. The van der Waals surface area contributed by atoms with Crippen LogP contribution in [0.2, 0.25) is 0 Å². The smallest absolute Gasteiger partial charge is 0.343 e. The van der Waals surface area contributed by atoms with Crippen LogP contribution in [0.1, 0.15) is 23.2 Å². The van der Waals surface area contributed by atoms with Gasteiger partial charge in [-0.05, 0) is 88.6 Å². The highest BCUT2D eigenvalue weighted by atomic mass is 16.5. The lowest BCUT2D eigenvalue weighted by Gasteiger charge is -2.10. The van der Waals surface area contributed by atoms with Crippen molar-refractivity contribution in [1.29, 1.82) is 0 Å². The van der Waals surface area contributed by atoms with Gasteiger partial charge in [0.15, 0.2) is 5.76 Å². The molecule has 0 saturated carbocycles. The Morgan fingerprint density at radius 1 is 0.659 bits per heavy atom. The van der Waals surface area contributed by atoms with E-state index in [9.17, 15) is 4.79 Å². The quantitative estimate of drug-likeness (QED) is 0.0432. The molecular weight excluding hydrogens is 556 g/mol. The Balaban J connectivity index is 1.26. The maximum absolute atomic E-state index is 12.7. The molecule has 0 aliphatic heterocycles. The predicted molar refractivity (Wildman–Crippen MR) is 173 cm³/mol. The van der Waals surface area contributed by atoms with Crippen LogP contribution in [0.15, 0.2) is 135 Å². The van der Waals surface area contributed by atoms with Crippen molar-refractivity contribution in [2.24, 2.45) is 0 Å². The Bertz CT molecular complexity index is 1600. The van der Waals surface area contributed by atoms with Crippen molar-refractivity contribution in [3.8, 4) is 28.4 Å². The van der Waals surface area contributed by atoms with Crippen LogP contribution in [0.25, 0.3) is 21.9 Å². The number of aliphatic hydroxyl groups excluding tert-OH is 1. The van der Waals surface area contributed by atoms with E-state index in [0.717, 1.165) is 33.9 Å². The SMILES string of the molecule is C=CC(=C)OCCCOc1ccc(OC(=O)c2ccc(-c3ccc4cc(OCCCO/C(C=C)=C\O)ccc4c3)cc2)cc1. The molecule has 226 valence electrons. The second-order valence-electron chi connectivity index (χ2n) is 9.67. The zero-order chi connectivity index (χ0) is 31.1. The maximum atomic E-state index is 12.7. The third-order valence-corrected chi connectivity index (χ3v) is 6.53. The van der Waals surface area contributed by atoms with Crippen LogP contribution in [0, 0.1) is 0 Å². The van der Waals surface area contributed by atoms with Crippen LogP contribution in [-0.2, 0) is 9.47 Å². The molecule has 0 aliphatic carbocycles. The van der Waals surface area contributed by atoms with Crippen molar-refractivity contribution >= 4 is 16.7 Å². The minimum Gasteiger partial charge on any atom is -0.512 e. The van der Waals surface area contributed by atoms with Gasteiger partial charge in [0.05, 0.1) is 32.0 Å². The summed E-state index contributed by atoms with van der Waals surface area (Å²) in [6.07, 6.45) is 5.26. The molecule has 0 fully saturated rings. The van der Waals surface area contributed by atoms with Gasteiger partial charge >= 0.3 is 5.97 Å². The van der Waals surface area contributed by atoms with Crippen molar-refractivity contribution < 1.29 is 33.6 Å². The van der Waals surface area contributed by atoms with E-state index in [0.29, 0.717) is 67.8 Å². The standard InChI is InChI=1S/C37H36O7/c1-4-27(3)40-20-6-22-42-34-16-18-35(19-17-34)44-37(39)29-10-8-28(9-11-29)30-12-13-32-25-36(15-14-31(32)24-30)43-23-7-21-41-33(5-2)26-38/h4-5,8-19,24-26,38H,1-3,6-7,20-23H2/b33-26-. The van der Waals surface area contributed by atoms with Crippen LogP contribution in [-0.4, -0.2) is 37.5 Å². The molecule has 0 aromatic heterocycles. The zero-order valence-electron chi connectivity index (χ0n) is 24.6. The summed E-state index contributed by atoms with van der Waals surface area (Å²) in [5.41, 5.74) is 2.47. The number of rotatable bonds is 17. The monoisotopic (exact) mass is 592 g/mol. The van der Waals surface area contributed by atoms with Gasteiger partial charge in [-0.3, -0.25) is 0 Å². The Hall–Kier alpha value is -5.43. The number of allylic oxidation sites excluding steroid dienone is 2. The number of esters is 1. The molecule has 0 radical (unpaired) electrons. The highest BCUT2D eigenvalue weighted by Gasteiger charge is 2.10. The van der Waals surface area contributed by atoms with E-state index in [-0.39, 0.29) is 0 Å². The fraction of sp³-hybridized carbons (Fsp3) is 0.162. The van der Waals surface area contributed by atoms with Crippen molar-refractivity contribution in [2.45, 2.75) is 12.8 Å². The van der Waals surface area contributed by atoms with Crippen molar-refractivity contribution in [3.63, 3.8) is 0 Å². The number of carbonyl (C=O) groups is 1. The Labute approximate surface area is 257 Å². The van der Waals surface area contributed by atoms with Gasteiger partial charge in [-0.15, -0.1) is 0 Å². The summed E-state index contributed by atoms with van der Waals surface area (Å²) < 4.78 is 27.8. The van der Waals surface area contributed by atoms with Crippen molar-refractivity contribution in [2.75, 3.05) is 26.4 Å². The molecule has 0 bridgehead atoms. The molecule has 0 amide bonds. The topological polar surface area (TPSA) is 83.5 Å². The van der Waals surface area contributed by atoms with Crippen molar-refractivity contribution in [1.82, 2.24) is 0 Å². The minimum atomic E-state index is -0.437. The van der Waals surface area contributed by atoms with E-state index in [1.54, 1.807) is 42.5 Å². The first-order chi connectivity index (χ1) is 21.5. The molecule has 4 aromatic carbocycles. The first kappa shape index (κ1) is 31.5. The number of hydrogen-bond donors (Lipinski definition) is 1. The number of fused-ring (bicyclic) bond motifs is 1. The first-order valence-electron chi connectivity index (χ1n) is 14.2. The Morgan fingerprint density at radius 2 is 1.25 bits per heavy atom. The largest absolute Gasteiger partial charge is 0.512 e. The third kappa shape index (κ3) is 9.29. The van der Waals surface area contributed by atoms with Gasteiger partial charge in [-0.1, -0.05) is 50.1 Å². The fourth-order valence-corrected chi connectivity index (χ4v) is 4.16. The molecule has 0 aliphatic rings. The molecule has 44 heavy (non-hydrogen) atoms. The van der Waals surface area contributed by atoms with E-state index in [2.05, 4.69) is 25.8 Å². The van der Waals surface area contributed by atoms with Gasteiger partial charge in [0.2, 0.25) is 0 Å². The molecule has 7 nitrogen and oxygen atoms in total. The number of aliphatic hydroxyl groups is 1. The summed E-state index contributed by atoms with van der Waals surface area (Å²) in [5.74, 6) is 2.32. The lowest BCUT2D eigenvalue weighted by molar-refractivity contribution is 0.0734. The molecule has 0 unspecified atom stereocenters. The molecule has 0 atom stereocenters. The van der Waals surface area contributed by atoms with Crippen LogP contribution in [0.5, 0.6) is 17.2 Å². The summed E-state index contributed by atoms with van der Waals surface area (Å²) in [7, 11) is 0. The minimum absolute atomic E-state index is 0.333. The maximum Gasteiger partial charge on any atom is 0.343 e. The lowest BCUT2D eigenvalue weighted by Crippen LogP contribution is -2.08. The normalized spacial score (nSPS) is 11.0. The Morgan fingerprint density at radius 3 is 1.93 bits per heavy atom. The molecule has 0 heterocycles. The van der Waals surface area contributed by atoms with Gasteiger partial charge in [0.25, 0.3) is 0 Å². The average Bonchev–Trinajstić information content (AvgIpc) is 3.06. The van der Waals surface area contributed by atoms with Gasteiger partial charge in [0, 0.05) is 12.8 Å². The van der Waals surface area contributed by atoms with Gasteiger partial charge in [-0.2, -0.15) is 0 Å². The first-order valence-corrected chi connectivity index (χ1v) is 14.2. The zero-order valence-corrected chi connectivity index (χ0v) is 24.6. The molecule has 4 aromatic rings. The number of hydrogen-bond acceptors (Lipinski definition) is 7. The number of carbonyl (C=O) groups excluding carboxylic acids is 1. The summed E-state index contributed by atoms with van der Waals surface area (Å²) in [5, 5.41) is 11.1. The fourth-order valence-electron chi connectivity index (χ4n) is 4.16. The van der Waals surface area contributed by atoms with Gasteiger partial charge in [-0.25, -0.2) is 4.79 Å². The predicted octanol–water partition coefficient (Wildman–Crippen LogP) is 8.58. The highest BCUT2D eigenvalue weighted by Crippen LogP contribution is 2.28. The molecule has 4 rings (SSSR count). The van der Waals surface area contributed by atoms with E-state index in [1.807, 2.05) is 42.5 Å². The summed E-state index contributed by atoms with van der Waals surface area (Å²) in [6.45, 7) is 12.7. The van der Waals surface area contributed by atoms with Gasteiger partial charge in [0.1, 0.15) is 29.3 Å². The van der Waals surface area contributed by atoms with Crippen LogP contribution >= 0.6 is 0 Å². The lowest BCUT2D eigenvalue weighted by atomic mass is 10.00. The number of ether oxygens (including phenoxy) is 5. The van der Waals surface area contributed by atoms with E-state index < -0.39 is 5.97 Å². The van der Waals surface area contributed by atoms with Gasteiger partial charge < -0.3 is 28.8 Å². The van der Waals surface area contributed by atoms with E-state index in [4.69, 9.17) is 28.8 Å². The second kappa shape index (κ2) is 16.3. The molecule has 7 heteroatoms. The van der Waals surface area contributed by atoms with Crippen LogP contribution in [0.3, 0.4) is 0 Å².